The number of alkyl halides is 1. The first-order valence-electron chi connectivity index (χ1n) is 10.4. The predicted molar refractivity (Wildman–Crippen MR) is 120 cm³/mol. The minimum absolute atomic E-state index is 0.0864. The molecular weight excluding hydrogens is 406 g/mol. The van der Waals surface area contributed by atoms with Crippen LogP contribution in [-0.2, 0) is 16.0 Å². The second-order valence-corrected chi connectivity index (χ2v) is 8.72. The van der Waals surface area contributed by atoms with Crippen LogP contribution in [0.1, 0.15) is 49.7 Å². The highest BCUT2D eigenvalue weighted by Gasteiger charge is 2.38. The molecule has 29 heavy (non-hydrogen) atoms. The lowest BCUT2D eigenvalue weighted by molar-refractivity contribution is -0.130. The molecule has 0 aromatic heterocycles. The fourth-order valence-corrected chi connectivity index (χ4v) is 5.02. The van der Waals surface area contributed by atoms with Gasteiger partial charge in [0.15, 0.2) is 5.11 Å². The molecule has 2 heterocycles. The molecule has 2 amide bonds. The van der Waals surface area contributed by atoms with Crippen molar-refractivity contribution < 1.29 is 9.59 Å². The average Bonchev–Trinajstić information content (AvgIpc) is 3.12. The van der Waals surface area contributed by atoms with Crippen LogP contribution < -0.4 is 10.2 Å². The van der Waals surface area contributed by atoms with Gasteiger partial charge in [-0.05, 0) is 67.2 Å². The molecule has 1 saturated carbocycles. The monoisotopic (exact) mass is 431 g/mol. The topological polar surface area (TPSA) is 52.7 Å². The van der Waals surface area contributed by atoms with Gasteiger partial charge in [-0.25, -0.2) is 0 Å². The van der Waals surface area contributed by atoms with Gasteiger partial charge in [-0.1, -0.05) is 25.3 Å². The van der Waals surface area contributed by atoms with E-state index in [0.29, 0.717) is 5.88 Å². The zero-order valence-electron chi connectivity index (χ0n) is 16.5. The normalized spacial score (nSPS) is 21.7. The molecular formula is C22H26ClN3O2S. The van der Waals surface area contributed by atoms with E-state index in [9.17, 15) is 9.59 Å². The molecule has 1 N–H and O–H groups in total. The van der Waals surface area contributed by atoms with Gasteiger partial charge >= 0.3 is 0 Å². The Morgan fingerprint density at radius 2 is 2.00 bits per heavy atom. The highest BCUT2D eigenvalue weighted by Crippen LogP contribution is 2.31. The van der Waals surface area contributed by atoms with E-state index < -0.39 is 5.91 Å². The third-order valence-electron chi connectivity index (χ3n) is 6.04. The van der Waals surface area contributed by atoms with Gasteiger partial charge in [0.1, 0.15) is 5.57 Å². The molecule has 1 saturated heterocycles. The van der Waals surface area contributed by atoms with Crippen LogP contribution in [0.25, 0.3) is 6.08 Å². The summed E-state index contributed by atoms with van der Waals surface area (Å²) < 4.78 is 0. The summed E-state index contributed by atoms with van der Waals surface area (Å²) in [4.78, 5) is 29.6. The van der Waals surface area contributed by atoms with Crippen LogP contribution in [-0.4, -0.2) is 46.8 Å². The van der Waals surface area contributed by atoms with Gasteiger partial charge < -0.3 is 4.90 Å². The summed E-state index contributed by atoms with van der Waals surface area (Å²) in [5, 5.41) is 2.96. The van der Waals surface area contributed by atoms with E-state index in [-0.39, 0.29) is 22.6 Å². The van der Waals surface area contributed by atoms with E-state index in [0.717, 1.165) is 57.2 Å². The molecule has 0 unspecified atom stereocenters. The number of nitrogens with zero attached hydrogens (tertiary/aromatic N) is 2. The van der Waals surface area contributed by atoms with Crippen LogP contribution in [0.4, 0.5) is 5.69 Å². The van der Waals surface area contributed by atoms with Gasteiger partial charge in [0.05, 0.1) is 0 Å². The highest BCUT2D eigenvalue weighted by atomic mass is 35.5. The minimum Gasteiger partial charge on any atom is -0.371 e. The van der Waals surface area contributed by atoms with Crippen LogP contribution in [0.3, 0.4) is 0 Å². The van der Waals surface area contributed by atoms with Crippen molar-refractivity contribution in [3.63, 3.8) is 0 Å². The number of thiocarbonyl (C=S) groups is 1. The van der Waals surface area contributed by atoms with Gasteiger partial charge in [-0.2, -0.15) is 0 Å². The van der Waals surface area contributed by atoms with E-state index in [1.165, 1.54) is 17.7 Å². The maximum atomic E-state index is 13.1. The van der Waals surface area contributed by atoms with Gasteiger partial charge in [-0.15, -0.1) is 11.6 Å². The van der Waals surface area contributed by atoms with Crippen molar-refractivity contribution in [3.8, 4) is 0 Å². The van der Waals surface area contributed by atoms with Crippen molar-refractivity contribution in [2.45, 2.75) is 51.0 Å². The first-order valence-corrected chi connectivity index (χ1v) is 11.4. The SMILES string of the molecule is O=C1NC(=S)N(C2CCCCC2)C(=O)/C1=C/c1ccc2c(c1)CCN2CCCCl. The van der Waals surface area contributed by atoms with Crippen molar-refractivity contribution in [1.82, 2.24) is 10.2 Å². The average molecular weight is 432 g/mol. The molecule has 4 rings (SSSR count). The summed E-state index contributed by atoms with van der Waals surface area (Å²) in [7, 11) is 0. The second-order valence-electron chi connectivity index (χ2n) is 7.95. The molecule has 2 fully saturated rings. The fraction of sp³-hybridized carbons (Fsp3) is 0.500. The predicted octanol–water partition coefficient (Wildman–Crippen LogP) is 3.64. The Balaban J connectivity index is 1.57. The number of hydrogen-bond acceptors (Lipinski definition) is 4. The Hall–Kier alpha value is -1.92. The molecule has 0 bridgehead atoms. The lowest BCUT2D eigenvalue weighted by Crippen LogP contribution is -2.57. The molecule has 1 aromatic carbocycles. The molecule has 1 aliphatic carbocycles. The lowest BCUT2D eigenvalue weighted by Gasteiger charge is -2.37. The van der Waals surface area contributed by atoms with Crippen molar-refractivity contribution in [2.24, 2.45) is 0 Å². The van der Waals surface area contributed by atoms with Crippen LogP contribution in [0.5, 0.6) is 0 Å². The highest BCUT2D eigenvalue weighted by molar-refractivity contribution is 7.80. The summed E-state index contributed by atoms with van der Waals surface area (Å²) in [6, 6.07) is 6.23. The third kappa shape index (κ3) is 4.19. The lowest BCUT2D eigenvalue weighted by atomic mass is 9.93. The molecule has 5 nitrogen and oxygen atoms in total. The Morgan fingerprint density at radius 1 is 1.21 bits per heavy atom. The number of rotatable bonds is 5. The van der Waals surface area contributed by atoms with Crippen LogP contribution in [0.15, 0.2) is 23.8 Å². The Morgan fingerprint density at radius 3 is 2.76 bits per heavy atom. The van der Waals surface area contributed by atoms with Crippen molar-refractivity contribution in [1.29, 1.82) is 0 Å². The molecule has 0 atom stereocenters. The van der Waals surface area contributed by atoms with E-state index in [1.54, 1.807) is 11.0 Å². The number of anilines is 1. The van der Waals surface area contributed by atoms with Gasteiger partial charge in [0.2, 0.25) is 0 Å². The third-order valence-corrected chi connectivity index (χ3v) is 6.61. The zero-order chi connectivity index (χ0) is 20.4. The summed E-state index contributed by atoms with van der Waals surface area (Å²) >= 11 is 11.2. The summed E-state index contributed by atoms with van der Waals surface area (Å²) in [5.41, 5.74) is 3.51. The molecule has 154 valence electrons. The first-order chi connectivity index (χ1) is 14.1. The standard InChI is InChI=1S/C22H26ClN3O2S/c23-10-4-11-25-12-9-16-13-15(7-8-19(16)25)14-18-20(27)24-22(29)26(21(18)28)17-5-2-1-3-6-17/h7-8,13-14,17H,1-6,9-12H2,(H,24,27,29)/b18-14+. The van der Waals surface area contributed by atoms with Crippen LogP contribution in [0, 0.1) is 0 Å². The fourth-order valence-electron chi connectivity index (χ4n) is 4.57. The van der Waals surface area contributed by atoms with E-state index in [2.05, 4.69) is 22.3 Å². The molecule has 1 aromatic rings. The second kappa shape index (κ2) is 8.84. The maximum Gasteiger partial charge on any atom is 0.265 e. The van der Waals surface area contributed by atoms with Crippen molar-refractivity contribution >= 4 is 52.5 Å². The Labute approximate surface area is 182 Å². The Bertz CT molecular complexity index is 864. The summed E-state index contributed by atoms with van der Waals surface area (Å²) in [6.45, 7) is 1.93. The van der Waals surface area contributed by atoms with Gasteiger partial charge in [-0.3, -0.25) is 19.8 Å². The van der Waals surface area contributed by atoms with Crippen LogP contribution in [0.2, 0.25) is 0 Å². The molecule has 3 aliphatic rings. The molecule has 2 aliphatic heterocycles. The smallest absolute Gasteiger partial charge is 0.265 e. The number of carbonyl (C=O) groups is 2. The largest absolute Gasteiger partial charge is 0.371 e. The van der Waals surface area contributed by atoms with Crippen molar-refractivity contribution in [3.05, 3.63) is 34.9 Å². The number of amides is 2. The number of nitrogens with one attached hydrogen (secondary N) is 1. The quantitative estimate of drug-likeness (QED) is 0.335. The van der Waals surface area contributed by atoms with Gasteiger partial charge in [0.25, 0.3) is 11.8 Å². The van der Waals surface area contributed by atoms with Gasteiger partial charge in [0, 0.05) is 30.7 Å². The minimum atomic E-state index is -0.406. The molecule has 7 heteroatoms. The summed E-state index contributed by atoms with van der Waals surface area (Å²) in [5.74, 6) is -0.0155. The van der Waals surface area contributed by atoms with E-state index >= 15 is 0 Å². The maximum absolute atomic E-state index is 13.1. The number of benzene rings is 1. The first kappa shape index (κ1) is 20.4. The molecule has 0 radical (unpaired) electrons. The van der Waals surface area contributed by atoms with E-state index in [1.807, 2.05) is 6.07 Å². The van der Waals surface area contributed by atoms with Crippen LogP contribution >= 0.6 is 23.8 Å². The number of fused-ring (bicyclic) bond motifs is 1. The van der Waals surface area contributed by atoms with Crippen molar-refractivity contribution in [2.75, 3.05) is 23.9 Å². The zero-order valence-corrected chi connectivity index (χ0v) is 18.0. The van der Waals surface area contributed by atoms with E-state index in [4.69, 9.17) is 23.8 Å². The number of hydrogen-bond donors (Lipinski definition) is 1. The number of halogens is 1. The Kier molecular flexibility index (Phi) is 6.20. The number of carbonyl (C=O) groups excluding carboxylic acids is 2. The molecule has 0 spiro atoms. The summed E-state index contributed by atoms with van der Waals surface area (Å²) in [6.07, 6.45) is 8.88.